The Hall–Kier alpha value is -2.41. The fraction of sp³-hybridized carbons (Fsp3) is 0.316. The fourth-order valence-corrected chi connectivity index (χ4v) is 4.00. The minimum atomic E-state index is -1.11. The van der Waals surface area contributed by atoms with Gasteiger partial charge in [-0.05, 0) is 30.9 Å². The maximum Gasteiger partial charge on any atom is 0.353 e. The predicted molar refractivity (Wildman–Crippen MR) is 102 cm³/mol. The number of nitrogens with one attached hydrogen (secondary N) is 1. The molecular weight excluding hydrogens is 398 g/mol. The van der Waals surface area contributed by atoms with Crippen LogP contribution in [0.15, 0.2) is 39.6 Å². The molecule has 1 fully saturated rings. The summed E-state index contributed by atoms with van der Waals surface area (Å²) in [6.07, 6.45) is 5.29. The van der Waals surface area contributed by atoms with Crippen LogP contribution in [0, 0.1) is 0 Å². The molecule has 2 aromatic heterocycles. The number of aromatic nitrogens is 3. The number of carboxylic acid groups (broad SMARTS) is 1. The summed E-state index contributed by atoms with van der Waals surface area (Å²) in [5.41, 5.74) is 2.29. The summed E-state index contributed by atoms with van der Waals surface area (Å²) in [6, 6.07) is 9.10. The molecule has 0 amide bonds. The number of fused-ring (bicyclic) bond motifs is 1. The standard InChI is InChI=1S/C19H18BrN3O3/c20-13-8-6-12(7-9-13)17-16(11-4-2-1-3-5-11)18(24)23-15(21-17)10-14(22-23)19(25)26/h6-11,22H,1-5H2,(H,25,26). The number of hydrogen-bond donors (Lipinski definition) is 2. The highest BCUT2D eigenvalue weighted by atomic mass is 79.9. The molecule has 2 N–H and O–H groups in total. The summed E-state index contributed by atoms with van der Waals surface area (Å²) in [5, 5.41) is 11.9. The summed E-state index contributed by atoms with van der Waals surface area (Å²) in [7, 11) is 0. The number of hydrogen-bond acceptors (Lipinski definition) is 3. The normalized spacial score (nSPS) is 15.4. The van der Waals surface area contributed by atoms with E-state index in [0.29, 0.717) is 16.9 Å². The molecule has 0 aliphatic heterocycles. The van der Waals surface area contributed by atoms with Crippen LogP contribution in [0.4, 0.5) is 0 Å². The number of aromatic amines is 1. The summed E-state index contributed by atoms with van der Waals surface area (Å²) < 4.78 is 2.21. The van der Waals surface area contributed by atoms with E-state index in [1.54, 1.807) is 0 Å². The molecule has 0 spiro atoms. The number of aromatic carboxylic acids is 1. The molecule has 0 radical (unpaired) electrons. The Kier molecular flexibility index (Phi) is 4.40. The number of carboxylic acids is 1. The van der Waals surface area contributed by atoms with Crippen LogP contribution in [0.3, 0.4) is 0 Å². The van der Waals surface area contributed by atoms with E-state index >= 15 is 0 Å². The summed E-state index contributed by atoms with van der Waals surface area (Å²) in [4.78, 5) is 29.2. The Balaban J connectivity index is 1.98. The van der Waals surface area contributed by atoms with Crippen LogP contribution in [-0.4, -0.2) is 25.7 Å². The summed E-state index contributed by atoms with van der Waals surface area (Å²) in [6.45, 7) is 0. The molecule has 2 heterocycles. The van der Waals surface area contributed by atoms with Gasteiger partial charge in [-0.2, -0.15) is 0 Å². The lowest BCUT2D eigenvalue weighted by atomic mass is 9.83. The van der Waals surface area contributed by atoms with E-state index in [-0.39, 0.29) is 17.2 Å². The molecule has 1 aromatic carbocycles. The zero-order chi connectivity index (χ0) is 18.3. The minimum Gasteiger partial charge on any atom is -0.477 e. The van der Waals surface area contributed by atoms with Gasteiger partial charge in [-0.1, -0.05) is 47.3 Å². The average Bonchev–Trinajstić information content (AvgIpc) is 3.08. The third-order valence-corrected chi connectivity index (χ3v) is 5.54. The molecule has 134 valence electrons. The number of halogens is 1. The minimum absolute atomic E-state index is 0.0443. The quantitative estimate of drug-likeness (QED) is 0.670. The van der Waals surface area contributed by atoms with Crippen molar-refractivity contribution in [3.63, 3.8) is 0 Å². The van der Waals surface area contributed by atoms with Crippen LogP contribution < -0.4 is 5.56 Å². The van der Waals surface area contributed by atoms with Gasteiger partial charge < -0.3 is 5.11 Å². The highest BCUT2D eigenvalue weighted by Crippen LogP contribution is 2.36. The Morgan fingerprint density at radius 1 is 1.19 bits per heavy atom. The van der Waals surface area contributed by atoms with E-state index in [2.05, 4.69) is 26.0 Å². The van der Waals surface area contributed by atoms with Crippen molar-refractivity contribution >= 4 is 27.5 Å². The second-order valence-electron chi connectivity index (χ2n) is 6.69. The molecule has 4 rings (SSSR count). The smallest absolute Gasteiger partial charge is 0.353 e. The Morgan fingerprint density at radius 3 is 2.54 bits per heavy atom. The fourth-order valence-electron chi connectivity index (χ4n) is 3.73. The monoisotopic (exact) mass is 415 g/mol. The topological polar surface area (TPSA) is 87.5 Å². The van der Waals surface area contributed by atoms with Crippen LogP contribution in [0.25, 0.3) is 16.9 Å². The lowest BCUT2D eigenvalue weighted by Crippen LogP contribution is -2.25. The van der Waals surface area contributed by atoms with Gasteiger partial charge in [0.15, 0.2) is 5.65 Å². The van der Waals surface area contributed by atoms with Gasteiger partial charge in [0.05, 0.1) is 5.69 Å². The molecule has 6 nitrogen and oxygen atoms in total. The SMILES string of the molecule is O=C(O)c1cc2nc(-c3ccc(Br)cc3)c(C3CCCCC3)c(=O)n2[nH]1. The molecule has 0 bridgehead atoms. The van der Waals surface area contributed by atoms with E-state index in [4.69, 9.17) is 0 Å². The predicted octanol–water partition coefficient (Wildman–Crippen LogP) is 4.20. The van der Waals surface area contributed by atoms with Crippen molar-refractivity contribution in [1.29, 1.82) is 0 Å². The Bertz CT molecular complexity index is 1030. The molecule has 0 unspecified atom stereocenters. The van der Waals surface area contributed by atoms with Crippen molar-refractivity contribution in [2.45, 2.75) is 38.0 Å². The number of rotatable bonds is 3. The van der Waals surface area contributed by atoms with Gasteiger partial charge >= 0.3 is 5.97 Å². The molecule has 1 aliphatic carbocycles. The van der Waals surface area contributed by atoms with Gasteiger partial charge in [-0.15, -0.1) is 0 Å². The zero-order valence-electron chi connectivity index (χ0n) is 14.0. The maximum atomic E-state index is 13.2. The van der Waals surface area contributed by atoms with Crippen molar-refractivity contribution < 1.29 is 9.90 Å². The van der Waals surface area contributed by atoms with Crippen molar-refractivity contribution in [3.05, 3.63) is 56.4 Å². The molecule has 3 aromatic rings. The highest BCUT2D eigenvalue weighted by Gasteiger charge is 2.25. The Labute approximate surface area is 158 Å². The average molecular weight is 416 g/mol. The van der Waals surface area contributed by atoms with Crippen LogP contribution in [0.1, 0.15) is 54.1 Å². The number of nitrogens with zero attached hydrogens (tertiary/aromatic N) is 2. The van der Waals surface area contributed by atoms with Crippen molar-refractivity contribution in [2.75, 3.05) is 0 Å². The first-order valence-corrected chi connectivity index (χ1v) is 9.49. The lowest BCUT2D eigenvalue weighted by Gasteiger charge is -2.23. The van der Waals surface area contributed by atoms with Crippen LogP contribution in [-0.2, 0) is 0 Å². The summed E-state index contributed by atoms with van der Waals surface area (Å²) >= 11 is 3.43. The van der Waals surface area contributed by atoms with Gasteiger partial charge in [-0.3, -0.25) is 9.89 Å². The van der Waals surface area contributed by atoms with Gasteiger partial charge in [0.25, 0.3) is 5.56 Å². The van der Waals surface area contributed by atoms with E-state index in [1.807, 2.05) is 24.3 Å². The largest absolute Gasteiger partial charge is 0.477 e. The Morgan fingerprint density at radius 2 is 1.88 bits per heavy atom. The van der Waals surface area contributed by atoms with E-state index < -0.39 is 5.97 Å². The van der Waals surface area contributed by atoms with E-state index in [1.165, 1.54) is 17.0 Å². The van der Waals surface area contributed by atoms with E-state index in [0.717, 1.165) is 35.7 Å². The van der Waals surface area contributed by atoms with Gasteiger partial charge in [0.2, 0.25) is 0 Å². The molecule has 0 saturated heterocycles. The number of carbonyl (C=O) groups is 1. The third-order valence-electron chi connectivity index (χ3n) is 5.01. The van der Waals surface area contributed by atoms with E-state index in [9.17, 15) is 14.7 Å². The van der Waals surface area contributed by atoms with Gasteiger partial charge in [0.1, 0.15) is 5.69 Å². The number of H-pyrrole nitrogens is 1. The first-order chi connectivity index (χ1) is 12.5. The van der Waals surface area contributed by atoms with Crippen molar-refractivity contribution in [2.24, 2.45) is 0 Å². The first-order valence-electron chi connectivity index (χ1n) is 8.69. The van der Waals surface area contributed by atoms with Gasteiger partial charge in [-0.25, -0.2) is 14.3 Å². The van der Waals surface area contributed by atoms with Crippen LogP contribution in [0.5, 0.6) is 0 Å². The highest BCUT2D eigenvalue weighted by molar-refractivity contribution is 9.10. The molecule has 1 saturated carbocycles. The molecule has 1 aliphatic rings. The van der Waals surface area contributed by atoms with Crippen LogP contribution in [0.2, 0.25) is 0 Å². The van der Waals surface area contributed by atoms with Gasteiger partial charge in [0, 0.05) is 21.7 Å². The second kappa shape index (κ2) is 6.72. The number of benzene rings is 1. The summed E-state index contributed by atoms with van der Waals surface area (Å²) in [5.74, 6) is -0.963. The maximum absolute atomic E-state index is 13.2. The van der Waals surface area contributed by atoms with Crippen LogP contribution >= 0.6 is 15.9 Å². The molecule has 7 heteroatoms. The molecule has 0 atom stereocenters. The van der Waals surface area contributed by atoms with Crippen molar-refractivity contribution in [1.82, 2.24) is 14.6 Å². The molecule has 26 heavy (non-hydrogen) atoms. The molecular formula is C19H18BrN3O3. The van der Waals surface area contributed by atoms with Crippen molar-refractivity contribution in [3.8, 4) is 11.3 Å². The second-order valence-corrected chi connectivity index (χ2v) is 7.61. The zero-order valence-corrected chi connectivity index (χ0v) is 15.6. The third kappa shape index (κ3) is 2.96. The lowest BCUT2D eigenvalue weighted by molar-refractivity contribution is 0.0690. The first kappa shape index (κ1) is 17.0.